The van der Waals surface area contributed by atoms with Gasteiger partial charge in [0.25, 0.3) is 10.0 Å². The lowest BCUT2D eigenvalue weighted by molar-refractivity contribution is 0.198. The summed E-state index contributed by atoms with van der Waals surface area (Å²) in [6.07, 6.45) is 0. The molecule has 6 nitrogen and oxygen atoms in total. The van der Waals surface area contributed by atoms with Crippen molar-refractivity contribution in [2.75, 3.05) is 26.8 Å². The molecular formula is C11H17BrN2O4S. The quantitative estimate of drug-likeness (QED) is 0.652. The summed E-state index contributed by atoms with van der Waals surface area (Å²) in [6.45, 7) is 5.37. The third kappa shape index (κ3) is 5.87. The van der Waals surface area contributed by atoms with Gasteiger partial charge in [-0.15, -0.1) is 0 Å². The van der Waals surface area contributed by atoms with E-state index in [0.717, 1.165) is 0 Å². The molecule has 1 heterocycles. The fraction of sp³-hybridized carbons (Fsp3) is 0.455. The summed E-state index contributed by atoms with van der Waals surface area (Å²) in [5, 5.41) is 2.96. The highest BCUT2D eigenvalue weighted by Gasteiger charge is 2.18. The van der Waals surface area contributed by atoms with Gasteiger partial charge in [0.2, 0.25) is 5.09 Å². The second kappa shape index (κ2) is 7.81. The van der Waals surface area contributed by atoms with E-state index in [9.17, 15) is 8.42 Å². The maximum Gasteiger partial charge on any atom is 0.274 e. The third-order valence-electron chi connectivity index (χ3n) is 2.14. The van der Waals surface area contributed by atoms with Gasteiger partial charge in [-0.05, 0) is 12.1 Å². The zero-order valence-corrected chi connectivity index (χ0v) is 13.0. The van der Waals surface area contributed by atoms with Crippen LogP contribution in [0.3, 0.4) is 0 Å². The van der Waals surface area contributed by atoms with Crippen molar-refractivity contribution in [1.82, 2.24) is 10.0 Å². The summed E-state index contributed by atoms with van der Waals surface area (Å²) < 4.78 is 36.7. The van der Waals surface area contributed by atoms with Crippen molar-refractivity contribution in [3.05, 3.63) is 29.0 Å². The van der Waals surface area contributed by atoms with Crippen LogP contribution in [0.2, 0.25) is 0 Å². The average Bonchev–Trinajstić information content (AvgIpc) is 2.82. The minimum atomic E-state index is -3.63. The first-order chi connectivity index (χ1) is 8.95. The van der Waals surface area contributed by atoms with E-state index in [2.05, 4.69) is 32.5 Å². The fourth-order valence-corrected chi connectivity index (χ4v) is 2.52. The van der Waals surface area contributed by atoms with Gasteiger partial charge in [-0.25, -0.2) is 13.1 Å². The van der Waals surface area contributed by atoms with Crippen molar-refractivity contribution in [2.45, 2.75) is 11.6 Å². The van der Waals surface area contributed by atoms with Crippen molar-refractivity contribution in [1.29, 1.82) is 0 Å². The van der Waals surface area contributed by atoms with Gasteiger partial charge < -0.3 is 14.5 Å². The first-order valence-electron chi connectivity index (χ1n) is 5.57. The Labute approximate surface area is 121 Å². The summed E-state index contributed by atoms with van der Waals surface area (Å²) >= 11 is 3.08. The molecule has 0 aromatic carbocycles. The van der Waals surface area contributed by atoms with Crippen LogP contribution in [0, 0.1) is 0 Å². The number of ether oxygens (including phenoxy) is 1. The van der Waals surface area contributed by atoms with Gasteiger partial charge in [0.1, 0.15) is 5.76 Å². The Hall–Kier alpha value is -0.670. The SMILES string of the molecule is C=C(Br)CNS(=O)(=O)c1ccc(CNCCOC)o1. The van der Waals surface area contributed by atoms with Gasteiger partial charge in [0.15, 0.2) is 0 Å². The highest BCUT2D eigenvalue weighted by molar-refractivity contribution is 9.11. The third-order valence-corrected chi connectivity index (χ3v) is 3.69. The summed E-state index contributed by atoms with van der Waals surface area (Å²) in [6, 6.07) is 3.05. The van der Waals surface area contributed by atoms with Crippen molar-refractivity contribution in [3.63, 3.8) is 0 Å². The Kier molecular flexibility index (Phi) is 6.73. The molecular weight excluding hydrogens is 336 g/mol. The molecule has 0 saturated carbocycles. The Morgan fingerprint density at radius 2 is 2.26 bits per heavy atom. The predicted octanol–water partition coefficient (Wildman–Crippen LogP) is 1.20. The second-order valence-electron chi connectivity index (χ2n) is 3.73. The molecule has 0 aliphatic rings. The molecule has 1 aromatic rings. The largest absolute Gasteiger partial charge is 0.447 e. The first kappa shape index (κ1) is 16.4. The van der Waals surface area contributed by atoms with Crippen LogP contribution < -0.4 is 10.0 Å². The number of sulfonamides is 1. The van der Waals surface area contributed by atoms with Crippen LogP contribution in [0.1, 0.15) is 5.76 Å². The molecule has 0 radical (unpaired) electrons. The minimum Gasteiger partial charge on any atom is -0.447 e. The van der Waals surface area contributed by atoms with Crippen LogP contribution in [-0.4, -0.2) is 35.2 Å². The predicted molar refractivity (Wildman–Crippen MR) is 75.5 cm³/mol. The molecule has 1 aromatic heterocycles. The average molecular weight is 353 g/mol. The molecule has 0 spiro atoms. The number of halogens is 1. The van der Waals surface area contributed by atoms with E-state index >= 15 is 0 Å². The number of furan rings is 1. The minimum absolute atomic E-state index is 0.107. The van der Waals surface area contributed by atoms with Crippen molar-refractivity contribution in [2.24, 2.45) is 0 Å². The van der Waals surface area contributed by atoms with Crippen LogP contribution in [0.4, 0.5) is 0 Å². The number of methoxy groups -OCH3 is 1. The summed E-state index contributed by atoms with van der Waals surface area (Å²) in [5.74, 6) is 0.550. The van der Waals surface area contributed by atoms with E-state index in [4.69, 9.17) is 9.15 Å². The van der Waals surface area contributed by atoms with Crippen molar-refractivity contribution >= 4 is 26.0 Å². The van der Waals surface area contributed by atoms with Gasteiger partial charge in [0.05, 0.1) is 13.2 Å². The van der Waals surface area contributed by atoms with Crippen LogP contribution in [0.15, 0.2) is 32.7 Å². The number of nitrogens with one attached hydrogen (secondary N) is 2. The lowest BCUT2D eigenvalue weighted by Gasteiger charge is -2.03. The number of hydrogen-bond donors (Lipinski definition) is 2. The van der Waals surface area contributed by atoms with Crippen LogP contribution in [-0.2, 0) is 21.3 Å². The second-order valence-corrected chi connectivity index (χ2v) is 6.55. The van der Waals surface area contributed by atoms with E-state index in [0.29, 0.717) is 29.9 Å². The number of hydrogen-bond acceptors (Lipinski definition) is 5. The fourth-order valence-electron chi connectivity index (χ4n) is 1.23. The molecule has 0 atom stereocenters. The molecule has 8 heteroatoms. The summed E-state index contributed by atoms with van der Waals surface area (Å²) in [4.78, 5) is 0. The van der Waals surface area contributed by atoms with Crippen LogP contribution in [0.25, 0.3) is 0 Å². The molecule has 2 N–H and O–H groups in total. The lowest BCUT2D eigenvalue weighted by Crippen LogP contribution is -2.24. The first-order valence-corrected chi connectivity index (χ1v) is 7.84. The summed E-state index contributed by atoms with van der Waals surface area (Å²) in [7, 11) is -2.02. The molecule has 1 rings (SSSR count). The Bertz CT molecular complexity index is 513. The Morgan fingerprint density at radius 3 is 2.89 bits per heavy atom. The van der Waals surface area contributed by atoms with Gasteiger partial charge in [-0.3, -0.25) is 0 Å². The summed E-state index contributed by atoms with van der Waals surface area (Å²) in [5.41, 5.74) is 0. The molecule has 0 saturated heterocycles. The zero-order chi connectivity index (χ0) is 14.3. The highest BCUT2D eigenvalue weighted by atomic mass is 79.9. The van der Waals surface area contributed by atoms with E-state index in [1.165, 1.54) is 6.07 Å². The van der Waals surface area contributed by atoms with E-state index in [1.807, 2.05) is 0 Å². The van der Waals surface area contributed by atoms with Crippen molar-refractivity contribution < 1.29 is 17.6 Å². The van der Waals surface area contributed by atoms with E-state index in [-0.39, 0.29) is 11.6 Å². The molecule has 0 bridgehead atoms. The van der Waals surface area contributed by atoms with Gasteiger partial charge in [-0.2, -0.15) is 0 Å². The van der Waals surface area contributed by atoms with E-state index in [1.54, 1.807) is 13.2 Å². The molecule has 0 aliphatic heterocycles. The van der Waals surface area contributed by atoms with Crippen molar-refractivity contribution in [3.8, 4) is 0 Å². The molecule has 19 heavy (non-hydrogen) atoms. The molecule has 0 amide bonds. The van der Waals surface area contributed by atoms with Crippen LogP contribution >= 0.6 is 15.9 Å². The van der Waals surface area contributed by atoms with Crippen LogP contribution in [0.5, 0.6) is 0 Å². The molecule has 0 aliphatic carbocycles. The standard InChI is InChI=1S/C11H17BrN2O4S/c1-9(12)7-14-19(15,16)11-4-3-10(18-11)8-13-5-6-17-2/h3-4,13-14H,1,5-8H2,2H3. The maximum absolute atomic E-state index is 11.8. The van der Waals surface area contributed by atoms with Gasteiger partial charge in [-0.1, -0.05) is 22.5 Å². The van der Waals surface area contributed by atoms with Gasteiger partial charge in [0, 0.05) is 24.7 Å². The molecule has 0 fully saturated rings. The highest BCUT2D eigenvalue weighted by Crippen LogP contribution is 2.14. The maximum atomic E-state index is 11.8. The normalized spacial score (nSPS) is 11.7. The van der Waals surface area contributed by atoms with E-state index < -0.39 is 10.0 Å². The number of rotatable bonds is 9. The van der Waals surface area contributed by atoms with Gasteiger partial charge >= 0.3 is 0 Å². The lowest BCUT2D eigenvalue weighted by atomic mass is 10.4. The topological polar surface area (TPSA) is 80.6 Å². The smallest absolute Gasteiger partial charge is 0.274 e. The monoisotopic (exact) mass is 352 g/mol. The zero-order valence-electron chi connectivity index (χ0n) is 10.6. The Balaban J connectivity index is 2.55. The Morgan fingerprint density at radius 1 is 1.53 bits per heavy atom. The molecule has 0 unspecified atom stereocenters. The molecule has 108 valence electrons.